The molecule has 1 N–H and O–H groups in total. The molecule has 0 aliphatic carbocycles. The summed E-state index contributed by atoms with van der Waals surface area (Å²) in [5.41, 5.74) is 2.40. The van der Waals surface area contributed by atoms with Crippen LogP contribution in [0.3, 0.4) is 0 Å². The molecule has 0 bridgehead atoms. The SMILES string of the molecule is Brc1ccc(Br)nc1.C=CB1OC(C)(C)C(C)(C)O1.C=Cc1ccc(Br)cn1.CC1(C)OB(c2ccc(CCN3CCC(F)(F)C3)nc2)OC1(C)C.FC1(F)CCN(CCc2ccc(Br)cn2)C1.FC1(F)CCNC1.[B][B]B(B([B])[B])B(B([B])[B])B(B(B([B])[B])B([B])[B])B(B(B([B])[B])B([B])[B])B(B([B])[B])B([B])[B]. The molecule has 5 fully saturated rings. The van der Waals surface area contributed by atoms with Gasteiger partial charge in [-0.2, -0.15) is 0 Å². The molecule has 9 rings (SSSR count). The van der Waals surface area contributed by atoms with Gasteiger partial charge in [-0.1, -0.05) is 18.6 Å². The molecule has 9 heterocycles. The summed E-state index contributed by atoms with van der Waals surface area (Å²) in [4.78, 5) is 20.2. The third kappa shape index (κ3) is 33.9. The predicted octanol–water partition coefficient (Wildman–Crippen LogP) is -0.0620. The molecule has 0 atom stereocenters. The molecule has 11 nitrogen and oxygen atoms in total. The first-order valence-electron chi connectivity index (χ1n) is 35.2. The van der Waals surface area contributed by atoms with Crippen LogP contribution in [0.2, 0.25) is 0 Å². The van der Waals surface area contributed by atoms with Gasteiger partial charge in [-0.3, -0.25) is 24.8 Å². The summed E-state index contributed by atoms with van der Waals surface area (Å²) in [5, 5.41) is 2.56. The largest absolute Gasteiger partial charge is 0.496 e. The van der Waals surface area contributed by atoms with E-state index in [1.165, 1.54) is 7.06 Å². The summed E-state index contributed by atoms with van der Waals surface area (Å²) in [6.07, 6.45) is -4.76. The average Bonchev–Trinajstić information content (AvgIpc) is 1.50. The van der Waals surface area contributed by atoms with Crippen LogP contribution >= 0.6 is 63.7 Å². The van der Waals surface area contributed by atoms with E-state index in [1.54, 1.807) is 46.6 Å². The van der Waals surface area contributed by atoms with Gasteiger partial charge in [0.1, 0.15) is 4.60 Å². The zero-order chi connectivity index (χ0) is 82.3. The second-order valence-electron chi connectivity index (χ2n) is 29.3. The Morgan fingerprint density at radius 2 is 0.861 bits per heavy atom. The molecule has 35 radical (unpaired) electrons. The average molecular weight is 1670 g/mol. The topological polar surface area (TPSA) is 107 Å². The number of hydrogen-bond acceptors (Lipinski definition) is 11. The van der Waals surface area contributed by atoms with Crippen molar-refractivity contribution in [2.75, 3.05) is 52.4 Å². The zero-order valence-corrected chi connectivity index (χ0v) is 69.3. The Hall–Kier alpha value is -0.427. The number of likely N-dealkylation sites (tertiary alicyclic amines) is 2. The Morgan fingerprint density at radius 1 is 0.481 bits per heavy atom. The Bertz CT molecular complexity index is 3170. The lowest BCUT2D eigenvalue weighted by atomic mass is 8.30. The van der Waals surface area contributed by atoms with Crippen molar-refractivity contribution >= 4 is 324 Å². The molecule has 0 spiro atoms. The number of halogens is 10. The quantitative estimate of drug-likeness (QED) is 0.0581. The lowest BCUT2D eigenvalue weighted by molar-refractivity contribution is 0.00578. The fourth-order valence-corrected chi connectivity index (χ4v) is 13.3. The van der Waals surface area contributed by atoms with Crippen molar-refractivity contribution in [3.8, 4) is 0 Å². The van der Waals surface area contributed by atoms with Gasteiger partial charge >= 0.3 is 14.2 Å². The molecule has 5 aliphatic rings. The Kier molecular flexibility index (Phi) is 44.0. The van der Waals surface area contributed by atoms with Gasteiger partial charge in [0, 0.05) is 354 Å². The molecular weight excluding hydrogens is 1600 g/mol. The van der Waals surface area contributed by atoms with Crippen molar-refractivity contribution in [2.45, 2.75) is 128 Å². The summed E-state index contributed by atoms with van der Waals surface area (Å²) < 4.78 is 103. The maximum Gasteiger partial charge on any atom is 0.496 e. The molecule has 0 aromatic carbocycles. The highest BCUT2D eigenvalue weighted by molar-refractivity contribution is 9.11. The van der Waals surface area contributed by atoms with Crippen molar-refractivity contribution in [2.24, 2.45) is 0 Å². The van der Waals surface area contributed by atoms with Crippen molar-refractivity contribution in [1.29, 1.82) is 0 Å². The van der Waals surface area contributed by atoms with Crippen molar-refractivity contribution < 1.29 is 45.0 Å². The second-order valence-corrected chi connectivity index (χ2v) is 32.9. The second kappa shape index (κ2) is 46.6. The van der Waals surface area contributed by atoms with Gasteiger partial charge in [-0.25, -0.2) is 31.3 Å². The Balaban J connectivity index is 0.000000351. The van der Waals surface area contributed by atoms with E-state index in [1.807, 2.05) is 104 Å². The molecule has 56 heteroatoms. The summed E-state index contributed by atoms with van der Waals surface area (Å²) in [7, 11) is 104. The van der Waals surface area contributed by atoms with E-state index in [9.17, 15) is 26.3 Å². The third-order valence-electron chi connectivity index (χ3n) is 19.6. The first kappa shape index (κ1) is 102. The molecule has 5 aliphatic heterocycles. The van der Waals surface area contributed by atoms with Crippen LogP contribution in [0.4, 0.5) is 26.3 Å². The lowest BCUT2D eigenvalue weighted by Gasteiger charge is -2.51. The summed E-state index contributed by atoms with van der Waals surface area (Å²) in [6, 6.07) is 15.3. The molecule has 0 unspecified atom stereocenters. The predicted molar refractivity (Wildman–Crippen MR) is 492 cm³/mol. The minimum atomic E-state index is -2.53. The minimum Gasteiger partial charge on any atom is -0.400 e. The van der Waals surface area contributed by atoms with Crippen LogP contribution < -0.4 is 10.8 Å². The van der Waals surface area contributed by atoms with Crippen molar-refractivity contribution in [3.05, 3.63) is 128 Å². The molecule has 511 valence electrons. The Morgan fingerprint density at radius 3 is 1.12 bits per heavy atom. The van der Waals surface area contributed by atoms with Gasteiger partial charge in [0.2, 0.25) is 0 Å². The maximum atomic E-state index is 13.2. The first-order chi connectivity index (χ1) is 49.9. The fraction of sp³-hybridized carbons (Fsp3) is 0.538. The summed E-state index contributed by atoms with van der Waals surface area (Å²) in [6.45, 7) is 25.7. The van der Waals surface area contributed by atoms with Crippen LogP contribution in [0.15, 0.2) is 110 Å². The standard InChI is InChI=1S/C17H25BF2N2O2.C11H13BrF2N2.C8H15BO2.C7H6BrN.C5H3Br2N.C4H7F2N.B33/c1-15(2)16(3,4)24-18(23-15)13-5-6-14(21-11-13)7-9-22-10-8-17(19,20)12-22;12-9-1-2-10(15-7-9)3-5-16-6-4-11(13,14)8-16;1-6-9-10-7(2,3)8(4,5)11-9;1-2-7-4-3-6(8)5-9-7;6-4-1-2-5(7)8-3-4;5-4(6)1-2-7-3-4;1-18-27(19(2)3)31(26(16)17)33(30(24(12)13)25(14)15)32(28(20(4)5)21(6)7)29(22(8)9)23(10)11/h5-6,11H,7-10,12H2,1-4H3;1-2,7H,3-6,8H2;6H,1H2,2-5H3;2-5H,1H2;1-3H;7H,1-3H2;. The van der Waals surface area contributed by atoms with Gasteiger partial charge in [0.25, 0.3) is 17.8 Å². The van der Waals surface area contributed by atoms with Gasteiger partial charge in [0.15, 0.2) is 0 Å². The highest BCUT2D eigenvalue weighted by Crippen LogP contribution is 2.38. The van der Waals surface area contributed by atoms with E-state index in [-0.39, 0.29) is 68.4 Å². The van der Waals surface area contributed by atoms with Gasteiger partial charge < -0.3 is 23.9 Å². The molecule has 108 heavy (non-hydrogen) atoms. The van der Waals surface area contributed by atoms with E-state index in [4.69, 9.17) is 150 Å². The molecule has 4 aromatic heterocycles. The van der Waals surface area contributed by atoms with Crippen molar-refractivity contribution in [3.63, 3.8) is 0 Å². The molecule has 0 saturated carbocycles. The number of alkyl halides is 6. The molecule has 4 aromatic rings. The zero-order valence-electron chi connectivity index (χ0n) is 63.0. The monoisotopic (exact) mass is 1670 g/mol. The number of pyridine rings is 4. The summed E-state index contributed by atoms with van der Waals surface area (Å²) >= 11 is 13.1. The highest BCUT2D eigenvalue weighted by atomic mass is 79.9. The first-order valence-corrected chi connectivity index (χ1v) is 38.4. The van der Waals surface area contributed by atoms with E-state index in [0.29, 0.717) is 39.1 Å². The van der Waals surface area contributed by atoms with Crippen LogP contribution in [0, 0.1) is 0 Å². The normalized spacial score (nSPS) is 17.5. The van der Waals surface area contributed by atoms with Crippen LogP contribution in [0.5, 0.6) is 0 Å². The molecule has 5 saturated heterocycles. The number of hydrogen-bond donors (Lipinski definition) is 1. The Labute approximate surface area is 705 Å². The van der Waals surface area contributed by atoms with Crippen LogP contribution in [-0.2, 0) is 31.5 Å². The van der Waals surface area contributed by atoms with Crippen LogP contribution in [0.1, 0.15) is 91.7 Å². The lowest BCUT2D eigenvalue weighted by Crippen LogP contribution is -2.89. The number of aromatic nitrogens is 4. The van der Waals surface area contributed by atoms with E-state index < -0.39 is 121 Å². The van der Waals surface area contributed by atoms with E-state index in [2.05, 4.69) is 102 Å². The van der Waals surface area contributed by atoms with Gasteiger partial charge in [-0.05, 0) is 168 Å². The minimum absolute atomic E-state index is 0.00694. The summed E-state index contributed by atoms with van der Waals surface area (Å²) in [5.74, 6) is -5.77. The molecule has 0 amide bonds. The number of rotatable bonds is 24. The van der Waals surface area contributed by atoms with Crippen molar-refractivity contribution in [1.82, 2.24) is 35.1 Å². The third-order valence-corrected chi connectivity index (χ3v) is 21.5. The highest BCUT2D eigenvalue weighted by Gasteiger charge is 2.55. The number of nitrogens with one attached hydrogen (secondary N) is 1. The van der Waals surface area contributed by atoms with Crippen LogP contribution in [0.25, 0.3) is 6.08 Å². The fourth-order valence-electron chi connectivity index (χ4n) is 12.4. The van der Waals surface area contributed by atoms with Crippen LogP contribution in [-0.4, -0.2) is 371 Å². The smallest absolute Gasteiger partial charge is 0.400 e. The number of nitrogens with zero attached hydrogens (tertiary/aromatic N) is 6. The van der Waals surface area contributed by atoms with Gasteiger partial charge in [-0.15, -0.1) is 6.58 Å². The van der Waals surface area contributed by atoms with E-state index in [0.717, 1.165) is 47.0 Å². The van der Waals surface area contributed by atoms with Gasteiger partial charge in [0.05, 0.1) is 47.7 Å². The van der Waals surface area contributed by atoms with E-state index >= 15 is 0 Å². The molecular formula is C52H69B35Br4F6N7O4. The maximum absolute atomic E-state index is 13.2.